The Hall–Kier alpha value is -1.58. The number of hydrogen-bond acceptors (Lipinski definition) is 2. The third-order valence-corrected chi connectivity index (χ3v) is 3.23. The quantitative estimate of drug-likeness (QED) is 0.740. The molecule has 1 unspecified atom stereocenters. The van der Waals surface area contributed by atoms with Gasteiger partial charge in [-0.05, 0) is 31.4 Å². The predicted octanol–water partition coefficient (Wildman–Crippen LogP) is 3.35. The van der Waals surface area contributed by atoms with E-state index in [0.29, 0.717) is 0 Å². The standard InChI is InChI=1S/C15H22FNO2/c1-12-7-4-5-8-14(12)11-13(2)17(3)15(18)19-10-6-9-16/h4-5,7-8,13H,6,9-11H2,1-3H3. The van der Waals surface area contributed by atoms with E-state index in [4.69, 9.17) is 4.74 Å². The fourth-order valence-corrected chi connectivity index (χ4v) is 1.79. The van der Waals surface area contributed by atoms with Crippen molar-refractivity contribution in [2.75, 3.05) is 20.3 Å². The van der Waals surface area contributed by atoms with Gasteiger partial charge in [0.1, 0.15) is 0 Å². The normalized spacial score (nSPS) is 12.0. The van der Waals surface area contributed by atoms with E-state index in [1.807, 2.05) is 19.1 Å². The monoisotopic (exact) mass is 267 g/mol. The molecule has 0 N–H and O–H groups in total. The number of amides is 1. The van der Waals surface area contributed by atoms with E-state index in [0.717, 1.165) is 6.42 Å². The Bertz CT molecular complexity index is 409. The Kier molecular flexibility index (Phi) is 6.33. The first-order valence-corrected chi connectivity index (χ1v) is 6.56. The number of hydrogen-bond donors (Lipinski definition) is 0. The summed E-state index contributed by atoms with van der Waals surface area (Å²) in [6.45, 7) is 3.71. The maximum absolute atomic E-state index is 11.9. The van der Waals surface area contributed by atoms with Crippen LogP contribution in [0.25, 0.3) is 0 Å². The first-order chi connectivity index (χ1) is 9.06. The van der Waals surface area contributed by atoms with Crippen molar-refractivity contribution in [1.82, 2.24) is 4.90 Å². The van der Waals surface area contributed by atoms with Gasteiger partial charge in [-0.3, -0.25) is 4.39 Å². The average molecular weight is 267 g/mol. The van der Waals surface area contributed by atoms with Crippen LogP contribution < -0.4 is 0 Å². The highest BCUT2D eigenvalue weighted by atomic mass is 19.1. The third kappa shape index (κ3) is 4.89. The summed E-state index contributed by atoms with van der Waals surface area (Å²) in [6, 6.07) is 8.15. The van der Waals surface area contributed by atoms with Crippen molar-refractivity contribution in [3.63, 3.8) is 0 Å². The lowest BCUT2D eigenvalue weighted by Gasteiger charge is -2.24. The zero-order chi connectivity index (χ0) is 14.3. The molecule has 106 valence electrons. The van der Waals surface area contributed by atoms with Gasteiger partial charge >= 0.3 is 6.09 Å². The minimum Gasteiger partial charge on any atom is -0.449 e. The van der Waals surface area contributed by atoms with Crippen molar-refractivity contribution in [2.24, 2.45) is 0 Å². The van der Waals surface area contributed by atoms with Crippen LogP contribution in [0.5, 0.6) is 0 Å². The summed E-state index contributed by atoms with van der Waals surface area (Å²) in [5.41, 5.74) is 2.44. The van der Waals surface area contributed by atoms with Gasteiger partial charge < -0.3 is 9.64 Å². The molecule has 0 bridgehead atoms. The van der Waals surface area contributed by atoms with Gasteiger partial charge in [-0.15, -0.1) is 0 Å². The van der Waals surface area contributed by atoms with Gasteiger partial charge in [0.25, 0.3) is 0 Å². The van der Waals surface area contributed by atoms with Gasteiger partial charge in [-0.25, -0.2) is 4.79 Å². The molecule has 1 rings (SSSR count). The summed E-state index contributed by atoms with van der Waals surface area (Å²) < 4.78 is 16.9. The van der Waals surface area contributed by atoms with Crippen LogP contribution in [-0.4, -0.2) is 37.4 Å². The molecule has 1 amide bonds. The van der Waals surface area contributed by atoms with Crippen molar-refractivity contribution in [3.8, 4) is 0 Å². The molecule has 0 aliphatic carbocycles. The van der Waals surface area contributed by atoms with Crippen LogP contribution in [0.4, 0.5) is 9.18 Å². The Morgan fingerprint density at radius 2 is 2.11 bits per heavy atom. The van der Waals surface area contributed by atoms with Crippen LogP contribution in [0.1, 0.15) is 24.5 Å². The lowest BCUT2D eigenvalue weighted by atomic mass is 10.0. The molecule has 0 heterocycles. The van der Waals surface area contributed by atoms with Crippen LogP contribution >= 0.6 is 0 Å². The molecular weight excluding hydrogens is 245 g/mol. The number of benzene rings is 1. The van der Waals surface area contributed by atoms with Gasteiger partial charge in [0, 0.05) is 19.5 Å². The molecular formula is C15H22FNO2. The lowest BCUT2D eigenvalue weighted by Crippen LogP contribution is -2.37. The molecule has 0 aliphatic heterocycles. The molecule has 1 aromatic rings. The van der Waals surface area contributed by atoms with Crippen molar-refractivity contribution in [3.05, 3.63) is 35.4 Å². The molecule has 0 aromatic heterocycles. The minimum absolute atomic E-state index is 0.0407. The second-order valence-corrected chi connectivity index (χ2v) is 4.75. The van der Waals surface area contributed by atoms with E-state index in [9.17, 15) is 9.18 Å². The topological polar surface area (TPSA) is 29.5 Å². The Morgan fingerprint density at radius 1 is 1.42 bits per heavy atom. The number of rotatable bonds is 6. The van der Waals surface area contributed by atoms with E-state index in [-0.39, 0.29) is 19.1 Å². The van der Waals surface area contributed by atoms with E-state index >= 15 is 0 Å². The van der Waals surface area contributed by atoms with Crippen LogP contribution in [0, 0.1) is 6.92 Å². The number of halogens is 1. The van der Waals surface area contributed by atoms with Crippen molar-refractivity contribution >= 4 is 6.09 Å². The fourth-order valence-electron chi connectivity index (χ4n) is 1.79. The summed E-state index contributed by atoms with van der Waals surface area (Å²) in [5.74, 6) is 0. The van der Waals surface area contributed by atoms with Gasteiger partial charge in [-0.2, -0.15) is 0 Å². The smallest absolute Gasteiger partial charge is 0.409 e. The van der Waals surface area contributed by atoms with Gasteiger partial charge in [0.05, 0.1) is 13.3 Å². The fraction of sp³-hybridized carbons (Fsp3) is 0.533. The summed E-state index contributed by atoms with van der Waals surface area (Å²) in [6.07, 6.45) is 0.641. The van der Waals surface area contributed by atoms with E-state index < -0.39 is 12.8 Å². The van der Waals surface area contributed by atoms with E-state index in [1.54, 1.807) is 11.9 Å². The third-order valence-electron chi connectivity index (χ3n) is 3.23. The number of aryl methyl sites for hydroxylation is 1. The maximum atomic E-state index is 11.9. The van der Waals surface area contributed by atoms with Gasteiger partial charge in [0.15, 0.2) is 0 Å². The molecule has 0 saturated heterocycles. The van der Waals surface area contributed by atoms with Crippen LogP contribution in [0.15, 0.2) is 24.3 Å². The number of likely N-dealkylation sites (N-methyl/N-ethyl adjacent to an activating group) is 1. The summed E-state index contributed by atoms with van der Waals surface area (Å²) >= 11 is 0. The molecule has 1 aromatic carbocycles. The molecule has 1 atom stereocenters. The van der Waals surface area contributed by atoms with Crippen LogP contribution in [-0.2, 0) is 11.2 Å². The zero-order valence-electron chi connectivity index (χ0n) is 11.9. The van der Waals surface area contributed by atoms with E-state index in [2.05, 4.69) is 19.1 Å². The highest BCUT2D eigenvalue weighted by molar-refractivity contribution is 5.67. The van der Waals surface area contributed by atoms with Crippen LogP contribution in [0.2, 0.25) is 0 Å². The highest BCUT2D eigenvalue weighted by Gasteiger charge is 2.17. The number of carbonyl (C=O) groups is 1. The zero-order valence-corrected chi connectivity index (χ0v) is 11.9. The average Bonchev–Trinajstić information content (AvgIpc) is 2.40. The Labute approximate surface area is 114 Å². The SMILES string of the molecule is Cc1ccccc1CC(C)N(C)C(=O)OCCCF. The van der Waals surface area contributed by atoms with Crippen molar-refractivity contribution < 1.29 is 13.9 Å². The van der Waals surface area contributed by atoms with Gasteiger partial charge in [-0.1, -0.05) is 24.3 Å². The predicted molar refractivity (Wildman–Crippen MR) is 74.0 cm³/mol. The first-order valence-electron chi connectivity index (χ1n) is 6.56. The van der Waals surface area contributed by atoms with Gasteiger partial charge in [0.2, 0.25) is 0 Å². The highest BCUT2D eigenvalue weighted by Crippen LogP contribution is 2.12. The van der Waals surface area contributed by atoms with E-state index in [1.165, 1.54) is 11.1 Å². The Morgan fingerprint density at radius 3 is 2.74 bits per heavy atom. The molecule has 19 heavy (non-hydrogen) atoms. The summed E-state index contributed by atoms with van der Waals surface area (Å²) in [5, 5.41) is 0. The van der Waals surface area contributed by atoms with Crippen molar-refractivity contribution in [1.29, 1.82) is 0 Å². The molecule has 0 radical (unpaired) electrons. The molecule has 4 heteroatoms. The minimum atomic E-state index is -0.463. The Balaban J connectivity index is 2.50. The number of alkyl halides is 1. The molecule has 0 spiro atoms. The number of ether oxygens (including phenoxy) is 1. The van der Waals surface area contributed by atoms with Crippen LogP contribution in [0.3, 0.4) is 0 Å². The second kappa shape index (κ2) is 7.77. The lowest BCUT2D eigenvalue weighted by molar-refractivity contribution is 0.0967. The summed E-state index contributed by atoms with van der Waals surface area (Å²) in [4.78, 5) is 13.3. The largest absolute Gasteiger partial charge is 0.449 e. The molecule has 0 aliphatic rings. The summed E-state index contributed by atoms with van der Waals surface area (Å²) in [7, 11) is 1.71. The van der Waals surface area contributed by atoms with Crippen molar-refractivity contribution in [2.45, 2.75) is 32.7 Å². The second-order valence-electron chi connectivity index (χ2n) is 4.75. The molecule has 0 saturated carbocycles. The molecule has 3 nitrogen and oxygen atoms in total. The first kappa shape index (κ1) is 15.5. The maximum Gasteiger partial charge on any atom is 0.409 e. The number of carbonyl (C=O) groups excluding carboxylic acids is 1. The number of nitrogens with zero attached hydrogens (tertiary/aromatic N) is 1. The molecule has 0 fully saturated rings.